The van der Waals surface area contributed by atoms with E-state index in [9.17, 15) is 14.9 Å². The molecule has 0 saturated carbocycles. The van der Waals surface area contributed by atoms with Crippen molar-refractivity contribution in [1.29, 1.82) is 0 Å². The van der Waals surface area contributed by atoms with E-state index in [1.165, 1.54) is 23.5 Å². The van der Waals surface area contributed by atoms with E-state index in [0.29, 0.717) is 15.7 Å². The number of nitro benzene ring substituents is 1. The normalized spacial score (nSPS) is 10.7. The molecule has 0 unspecified atom stereocenters. The molecule has 1 heterocycles. The van der Waals surface area contributed by atoms with Gasteiger partial charge in [0, 0.05) is 17.2 Å². The van der Waals surface area contributed by atoms with Crippen molar-refractivity contribution < 1.29 is 9.72 Å². The lowest BCUT2D eigenvalue weighted by molar-refractivity contribution is -0.384. The highest BCUT2D eigenvalue weighted by molar-refractivity contribution is 7.22. The van der Waals surface area contributed by atoms with Gasteiger partial charge in [0.25, 0.3) is 11.6 Å². The number of amides is 1. The fourth-order valence-electron chi connectivity index (χ4n) is 1.92. The highest BCUT2D eigenvalue weighted by Gasteiger charge is 2.16. The predicted molar refractivity (Wildman–Crippen MR) is 90.7 cm³/mol. The average molecular weight is 368 g/mol. The van der Waals surface area contributed by atoms with Gasteiger partial charge in [0.15, 0.2) is 5.13 Å². The number of nitrogens with zero attached hydrogens (tertiary/aromatic N) is 2. The molecule has 0 aliphatic rings. The minimum atomic E-state index is -0.579. The van der Waals surface area contributed by atoms with Gasteiger partial charge < -0.3 is 0 Å². The Balaban J connectivity index is 1.87. The van der Waals surface area contributed by atoms with Gasteiger partial charge in [-0.15, -0.1) is 0 Å². The average Bonchev–Trinajstić information content (AvgIpc) is 2.88. The summed E-state index contributed by atoms with van der Waals surface area (Å²) in [7, 11) is 0. The van der Waals surface area contributed by atoms with E-state index in [1.54, 1.807) is 18.2 Å². The molecule has 23 heavy (non-hydrogen) atoms. The Hall–Kier alpha value is -2.22. The summed E-state index contributed by atoms with van der Waals surface area (Å²) in [4.78, 5) is 26.6. The van der Waals surface area contributed by atoms with Crippen molar-refractivity contribution >= 4 is 61.5 Å². The summed E-state index contributed by atoms with van der Waals surface area (Å²) in [6.07, 6.45) is 0. The Kier molecular flexibility index (Phi) is 4.16. The first-order valence-corrected chi connectivity index (χ1v) is 7.82. The van der Waals surface area contributed by atoms with E-state index in [-0.39, 0.29) is 16.3 Å². The number of hydrogen-bond acceptors (Lipinski definition) is 5. The van der Waals surface area contributed by atoms with Crippen LogP contribution in [0.1, 0.15) is 10.4 Å². The molecule has 0 fully saturated rings. The zero-order valence-electron chi connectivity index (χ0n) is 11.2. The maximum absolute atomic E-state index is 12.2. The zero-order chi connectivity index (χ0) is 16.6. The number of non-ortho nitro benzene ring substituents is 1. The maximum atomic E-state index is 12.2. The van der Waals surface area contributed by atoms with Gasteiger partial charge >= 0.3 is 0 Å². The Morgan fingerprint density at radius 3 is 2.70 bits per heavy atom. The number of hydrogen-bond donors (Lipinski definition) is 1. The van der Waals surface area contributed by atoms with Crippen molar-refractivity contribution in [3.05, 3.63) is 62.1 Å². The molecule has 0 atom stereocenters. The first kappa shape index (κ1) is 15.7. The van der Waals surface area contributed by atoms with Crippen molar-refractivity contribution in [3.63, 3.8) is 0 Å². The molecule has 2 aromatic carbocycles. The highest BCUT2D eigenvalue weighted by Crippen LogP contribution is 2.29. The van der Waals surface area contributed by atoms with Crippen molar-refractivity contribution in [2.75, 3.05) is 5.32 Å². The van der Waals surface area contributed by atoms with E-state index in [4.69, 9.17) is 23.2 Å². The van der Waals surface area contributed by atoms with Gasteiger partial charge in [0.05, 0.1) is 25.7 Å². The third-order valence-electron chi connectivity index (χ3n) is 2.98. The Bertz CT molecular complexity index is 942. The molecular formula is C14H7Cl2N3O3S. The van der Waals surface area contributed by atoms with Crippen LogP contribution in [0.2, 0.25) is 10.0 Å². The van der Waals surface area contributed by atoms with Gasteiger partial charge in [0.1, 0.15) is 0 Å². The number of rotatable bonds is 3. The van der Waals surface area contributed by atoms with E-state index in [2.05, 4.69) is 10.3 Å². The van der Waals surface area contributed by atoms with Crippen LogP contribution in [-0.4, -0.2) is 15.8 Å². The summed E-state index contributed by atoms with van der Waals surface area (Å²) < 4.78 is 0.836. The number of halogens is 2. The van der Waals surface area contributed by atoms with Crippen LogP contribution in [0.4, 0.5) is 10.8 Å². The van der Waals surface area contributed by atoms with Gasteiger partial charge in [-0.05, 0) is 24.3 Å². The molecule has 0 aliphatic carbocycles. The third-order valence-corrected chi connectivity index (χ3v) is 4.46. The van der Waals surface area contributed by atoms with Gasteiger partial charge in [-0.25, -0.2) is 4.98 Å². The molecule has 0 saturated heterocycles. The van der Waals surface area contributed by atoms with E-state index in [1.807, 2.05) is 0 Å². The molecule has 1 N–H and O–H groups in total. The molecule has 116 valence electrons. The second kappa shape index (κ2) is 6.11. The number of carbonyl (C=O) groups excluding carboxylic acids is 1. The molecule has 0 bridgehead atoms. The molecule has 3 rings (SSSR count). The Morgan fingerprint density at radius 1 is 1.22 bits per heavy atom. The molecule has 0 spiro atoms. The second-order valence-corrected chi connectivity index (χ2v) is 6.38. The summed E-state index contributed by atoms with van der Waals surface area (Å²) in [6.45, 7) is 0. The number of aromatic nitrogens is 1. The van der Waals surface area contributed by atoms with Gasteiger partial charge in [-0.2, -0.15) is 0 Å². The standard InChI is InChI=1S/C14H7Cl2N3O3S/c15-7-1-4-11-12(5-7)23-14(17-11)18-13(20)9-3-2-8(19(21)22)6-10(9)16/h1-6H,(H,17,18,20). The summed E-state index contributed by atoms with van der Waals surface area (Å²) in [5, 5.41) is 14.3. The molecule has 1 amide bonds. The molecule has 1 aromatic heterocycles. The minimum Gasteiger partial charge on any atom is -0.298 e. The summed E-state index contributed by atoms with van der Waals surface area (Å²) >= 11 is 13.1. The van der Waals surface area contributed by atoms with Crippen LogP contribution in [0.15, 0.2) is 36.4 Å². The molecule has 0 radical (unpaired) electrons. The number of nitrogens with one attached hydrogen (secondary N) is 1. The maximum Gasteiger partial charge on any atom is 0.270 e. The Labute approximate surface area is 143 Å². The van der Waals surface area contributed by atoms with Gasteiger partial charge in [0.2, 0.25) is 0 Å². The third kappa shape index (κ3) is 3.26. The topological polar surface area (TPSA) is 85.1 Å². The van der Waals surface area contributed by atoms with E-state index >= 15 is 0 Å². The first-order chi connectivity index (χ1) is 10.9. The number of nitro groups is 1. The van der Waals surface area contributed by atoms with Crippen LogP contribution in [0.5, 0.6) is 0 Å². The van der Waals surface area contributed by atoms with Gasteiger partial charge in [-0.3, -0.25) is 20.2 Å². The zero-order valence-corrected chi connectivity index (χ0v) is 13.6. The number of carbonyl (C=O) groups is 1. The van der Waals surface area contributed by atoms with Crippen LogP contribution < -0.4 is 5.32 Å². The van der Waals surface area contributed by atoms with Gasteiger partial charge in [-0.1, -0.05) is 34.5 Å². The summed E-state index contributed by atoms with van der Waals surface area (Å²) in [6, 6.07) is 8.88. The molecular weight excluding hydrogens is 361 g/mol. The minimum absolute atomic E-state index is 0.000792. The number of anilines is 1. The fourth-order valence-corrected chi connectivity index (χ4v) is 3.32. The van der Waals surface area contributed by atoms with Crippen molar-refractivity contribution in [3.8, 4) is 0 Å². The molecule has 0 aliphatic heterocycles. The SMILES string of the molecule is O=C(Nc1nc2ccc(Cl)cc2s1)c1ccc([N+](=O)[O-])cc1Cl. The lowest BCUT2D eigenvalue weighted by Gasteiger charge is -2.03. The van der Waals surface area contributed by atoms with E-state index < -0.39 is 10.8 Å². The van der Waals surface area contributed by atoms with Crippen molar-refractivity contribution in [2.24, 2.45) is 0 Å². The number of benzene rings is 2. The smallest absolute Gasteiger partial charge is 0.270 e. The van der Waals surface area contributed by atoms with Crippen molar-refractivity contribution in [2.45, 2.75) is 0 Å². The summed E-state index contributed by atoms with van der Waals surface area (Å²) in [5.41, 5.74) is 0.667. The summed E-state index contributed by atoms with van der Waals surface area (Å²) in [5.74, 6) is -0.491. The van der Waals surface area contributed by atoms with Crippen LogP contribution in [0.3, 0.4) is 0 Å². The fraction of sp³-hybridized carbons (Fsp3) is 0. The predicted octanol–water partition coefficient (Wildman–Crippen LogP) is 4.76. The van der Waals surface area contributed by atoms with E-state index in [0.717, 1.165) is 10.8 Å². The van der Waals surface area contributed by atoms with Crippen molar-refractivity contribution in [1.82, 2.24) is 4.98 Å². The highest BCUT2D eigenvalue weighted by atomic mass is 35.5. The van der Waals surface area contributed by atoms with Crippen LogP contribution in [0.25, 0.3) is 10.2 Å². The van der Waals surface area contributed by atoms with Crippen LogP contribution in [0, 0.1) is 10.1 Å². The Morgan fingerprint density at radius 2 is 2.00 bits per heavy atom. The lowest BCUT2D eigenvalue weighted by atomic mass is 10.2. The number of thiazole rings is 1. The molecule has 6 nitrogen and oxygen atoms in total. The quantitative estimate of drug-likeness (QED) is 0.533. The van der Waals surface area contributed by atoms with Crippen LogP contribution >= 0.6 is 34.5 Å². The lowest BCUT2D eigenvalue weighted by Crippen LogP contribution is -2.12. The molecule has 9 heteroatoms. The number of fused-ring (bicyclic) bond motifs is 1. The monoisotopic (exact) mass is 367 g/mol. The largest absolute Gasteiger partial charge is 0.298 e. The first-order valence-electron chi connectivity index (χ1n) is 6.25. The van der Waals surface area contributed by atoms with Crippen LogP contribution in [-0.2, 0) is 0 Å². The molecule has 3 aromatic rings. The second-order valence-electron chi connectivity index (χ2n) is 4.51.